The minimum Gasteiger partial charge on any atom is -0.387 e. The molecular formula is C20H28IN3O. The molecule has 0 aromatic heterocycles. The third-order valence-electron chi connectivity index (χ3n) is 3.81. The number of guanidine groups is 1. The zero-order valence-corrected chi connectivity index (χ0v) is 17.5. The maximum absolute atomic E-state index is 10.3. The Morgan fingerprint density at radius 3 is 2.08 bits per heavy atom. The molecule has 0 amide bonds. The minimum atomic E-state index is -0.561. The van der Waals surface area contributed by atoms with Crippen LogP contribution in [0.3, 0.4) is 0 Å². The van der Waals surface area contributed by atoms with Gasteiger partial charge in [0.05, 0.1) is 12.6 Å². The van der Waals surface area contributed by atoms with Gasteiger partial charge in [0.15, 0.2) is 5.96 Å². The number of hydrogen-bond acceptors (Lipinski definition) is 2. The van der Waals surface area contributed by atoms with E-state index in [1.807, 2.05) is 38.1 Å². The summed E-state index contributed by atoms with van der Waals surface area (Å²) in [6.07, 6.45) is -0.561. The van der Waals surface area contributed by atoms with Crippen LogP contribution in [0.25, 0.3) is 0 Å². The highest BCUT2D eigenvalue weighted by Gasteiger charge is 2.08. The second-order valence-electron chi connectivity index (χ2n) is 5.99. The van der Waals surface area contributed by atoms with Crippen molar-refractivity contribution in [2.45, 2.75) is 33.4 Å². The summed E-state index contributed by atoms with van der Waals surface area (Å²) in [4.78, 5) is 4.58. The molecule has 0 saturated heterocycles. The Labute approximate surface area is 167 Å². The van der Waals surface area contributed by atoms with Gasteiger partial charge in [-0.3, -0.25) is 0 Å². The van der Waals surface area contributed by atoms with Gasteiger partial charge in [0.25, 0.3) is 0 Å². The van der Waals surface area contributed by atoms with Crippen molar-refractivity contribution >= 4 is 29.9 Å². The molecule has 2 rings (SSSR count). The van der Waals surface area contributed by atoms with Crippen molar-refractivity contribution in [1.82, 2.24) is 10.6 Å². The summed E-state index contributed by atoms with van der Waals surface area (Å²) in [5.41, 5.74) is 4.50. The molecule has 1 atom stereocenters. The van der Waals surface area contributed by atoms with E-state index in [-0.39, 0.29) is 24.0 Å². The molecule has 0 radical (unpaired) electrons. The van der Waals surface area contributed by atoms with E-state index >= 15 is 0 Å². The second-order valence-corrected chi connectivity index (χ2v) is 5.99. The standard InChI is InChI=1S/C20H27N3O.HI/c1-4-21-20(22-13-17-9-5-15(2)6-10-17)23-14-19(24)18-11-7-16(3)8-12-18;/h5-12,19,24H,4,13-14H2,1-3H3,(H2,21,22,23);1H. The van der Waals surface area contributed by atoms with Crippen LogP contribution >= 0.6 is 24.0 Å². The molecule has 5 heteroatoms. The van der Waals surface area contributed by atoms with Crippen LogP contribution in [0.4, 0.5) is 0 Å². The first-order valence-electron chi connectivity index (χ1n) is 8.41. The second kappa shape index (κ2) is 11.1. The Hall–Kier alpha value is -1.60. The number of aliphatic hydroxyl groups excluding tert-OH is 1. The molecule has 4 nitrogen and oxygen atoms in total. The molecule has 136 valence electrons. The number of halogens is 1. The molecule has 0 saturated carbocycles. The SMILES string of the molecule is CCNC(=NCc1ccc(C)cc1)NCC(O)c1ccc(C)cc1.I. The normalized spacial score (nSPS) is 12.2. The van der Waals surface area contributed by atoms with Crippen LogP contribution < -0.4 is 10.6 Å². The topological polar surface area (TPSA) is 56.7 Å². The third kappa shape index (κ3) is 7.44. The first kappa shape index (κ1) is 21.4. The number of aliphatic hydroxyl groups is 1. The van der Waals surface area contributed by atoms with Gasteiger partial charge in [0.1, 0.15) is 0 Å². The summed E-state index contributed by atoms with van der Waals surface area (Å²) >= 11 is 0. The molecule has 0 aliphatic rings. The van der Waals surface area contributed by atoms with E-state index in [2.05, 4.69) is 46.8 Å². The summed E-state index contributed by atoms with van der Waals surface area (Å²) in [6, 6.07) is 16.3. The van der Waals surface area contributed by atoms with Crippen LogP contribution in [-0.2, 0) is 6.54 Å². The number of rotatable bonds is 6. The van der Waals surface area contributed by atoms with E-state index in [4.69, 9.17) is 0 Å². The number of nitrogens with zero attached hydrogens (tertiary/aromatic N) is 1. The van der Waals surface area contributed by atoms with E-state index in [0.29, 0.717) is 19.0 Å². The zero-order chi connectivity index (χ0) is 17.4. The molecule has 0 heterocycles. The molecule has 25 heavy (non-hydrogen) atoms. The summed E-state index contributed by atoms with van der Waals surface area (Å²) in [5.74, 6) is 0.712. The number of aliphatic imine (C=N–C) groups is 1. The van der Waals surface area contributed by atoms with Gasteiger partial charge in [-0.25, -0.2) is 4.99 Å². The first-order valence-corrected chi connectivity index (χ1v) is 8.41. The number of nitrogens with one attached hydrogen (secondary N) is 2. The largest absolute Gasteiger partial charge is 0.387 e. The van der Waals surface area contributed by atoms with Crippen molar-refractivity contribution in [2.75, 3.05) is 13.1 Å². The van der Waals surface area contributed by atoms with Crippen LogP contribution in [0.15, 0.2) is 53.5 Å². The molecule has 0 aliphatic heterocycles. The lowest BCUT2D eigenvalue weighted by Gasteiger charge is -2.15. The average Bonchev–Trinajstić information content (AvgIpc) is 2.59. The Kier molecular flexibility index (Phi) is 9.52. The van der Waals surface area contributed by atoms with Crippen molar-refractivity contribution in [1.29, 1.82) is 0 Å². The van der Waals surface area contributed by atoms with Crippen LogP contribution in [-0.4, -0.2) is 24.2 Å². The van der Waals surface area contributed by atoms with Crippen LogP contribution in [0.5, 0.6) is 0 Å². The summed E-state index contributed by atoms with van der Waals surface area (Å²) < 4.78 is 0. The lowest BCUT2D eigenvalue weighted by atomic mass is 10.1. The van der Waals surface area contributed by atoms with Gasteiger partial charge in [0.2, 0.25) is 0 Å². The highest BCUT2D eigenvalue weighted by atomic mass is 127. The maximum atomic E-state index is 10.3. The summed E-state index contributed by atoms with van der Waals surface area (Å²) in [7, 11) is 0. The number of benzene rings is 2. The predicted octanol–water partition coefficient (Wildman–Crippen LogP) is 3.71. The van der Waals surface area contributed by atoms with Crippen molar-refractivity contribution in [2.24, 2.45) is 4.99 Å². The fraction of sp³-hybridized carbons (Fsp3) is 0.350. The molecule has 0 aliphatic carbocycles. The van der Waals surface area contributed by atoms with Crippen molar-refractivity contribution in [3.63, 3.8) is 0 Å². The van der Waals surface area contributed by atoms with Gasteiger partial charge in [-0.05, 0) is 31.9 Å². The number of aryl methyl sites for hydroxylation is 2. The lowest BCUT2D eigenvalue weighted by Crippen LogP contribution is -2.39. The molecule has 0 spiro atoms. The Balaban J connectivity index is 0.00000312. The van der Waals surface area contributed by atoms with Crippen molar-refractivity contribution < 1.29 is 5.11 Å². The van der Waals surface area contributed by atoms with Crippen LogP contribution in [0.1, 0.15) is 35.3 Å². The van der Waals surface area contributed by atoms with E-state index < -0.39 is 6.10 Å². The molecule has 2 aromatic carbocycles. The molecule has 2 aromatic rings. The Morgan fingerprint density at radius 2 is 1.52 bits per heavy atom. The molecular weight excluding hydrogens is 425 g/mol. The summed E-state index contributed by atoms with van der Waals surface area (Å²) in [5, 5.41) is 16.7. The van der Waals surface area contributed by atoms with E-state index in [9.17, 15) is 5.11 Å². The Bertz CT molecular complexity index is 654. The van der Waals surface area contributed by atoms with Gasteiger partial charge in [0, 0.05) is 13.1 Å². The highest BCUT2D eigenvalue weighted by Crippen LogP contribution is 2.12. The molecule has 3 N–H and O–H groups in total. The van der Waals surface area contributed by atoms with Gasteiger partial charge >= 0.3 is 0 Å². The fourth-order valence-electron chi connectivity index (χ4n) is 2.31. The minimum absolute atomic E-state index is 0. The van der Waals surface area contributed by atoms with E-state index in [1.165, 1.54) is 11.1 Å². The quantitative estimate of drug-likeness (QED) is 0.355. The average molecular weight is 453 g/mol. The summed E-state index contributed by atoms with van der Waals surface area (Å²) in [6.45, 7) is 7.94. The van der Waals surface area contributed by atoms with Gasteiger partial charge in [-0.1, -0.05) is 59.7 Å². The Morgan fingerprint density at radius 1 is 0.960 bits per heavy atom. The van der Waals surface area contributed by atoms with E-state index in [0.717, 1.165) is 17.7 Å². The highest BCUT2D eigenvalue weighted by molar-refractivity contribution is 14.0. The van der Waals surface area contributed by atoms with Crippen molar-refractivity contribution in [3.05, 3.63) is 70.8 Å². The van der Waals surface area contributed by atoms with Gasteiger partial charge < -0.3 is 15.7 Å². The van der Waals surface area contributed by atoms with Crippen molar-refractivity contribution in [3.8, 4) is 0 Å². The molecule has 1 unspecified atom stereocenters. The van der Waals surface area contributed by atoms with E-state index in [1.54, 1.807) is 0 Å². The lowest BCUT2D eigenvalue weighted by molar-refractivity contribution is 0.181. The molecule has 0 fully saturated rings. The monoisotopic (exact) mass is 453 g/mol. The van der Waals surface area contributed by atoms with Crippen LogP contribution in [0.2, 0.25) is 0 Å². The van der Waals surface area contributed by atoms with Gasteiger partial charge in [-0.2, -0.15) is 0 Å². The molecule has 0 bridgehead atoms. The predicted molar refractivity (Wildman–Crippen MR) is 116 cm³/mol. The number of hydrogen-bond donors (Lipinski definition) is 3. The smallest absolute Gasteiger partial charge is 0.191 e. The van der Waals surface area contributed by atoms with Gasteiger partial charge in [-0.15, -0.1) is 24.0 Å². The third-order valence-corrected chi connectivity index (χ3v) is 3.81. The first-order chi connectivity index (χ1) is 11.6. The maximum Gasteiger partial charge on any atom is 0.191 e. The van der Waals surface area contributed by atoms with Crippen LogP contribution in [0, 0.1) is 13.8 Å². The zero-order valence-electron chi connectivity index (χ0n) is 15.1. The fourth-order valence-corrected chi connectivity index (χ4v) is 2.31.